The number of carboxylic acids is 1. The first-order valence-electron chi connectivity index (χ1n) is 7.32. The average molecular weight is 294 g/mol. The van der Waals surface area contributed by atoms with Gasteiger partial charge in [0.05, 0.1) is 6.33 Å². The fourth-order valence-electron chi connectivity index (χ4n) is 2.78. The molecule has 1 aromatic heterocycles. The highest BCUT2D eigenvalue weighted by Crippen LogP contribution is 2.26. The molecular weight excluding hydrogens is 272 g/mol. The van der Waals surface area contributed by atoms with Gasteiger partial charge in [0.25, 0.3) is 5.91 Å². The average Bonchev–Trinajstić information content (AvgIpc) is 2.94. The number of likely N-dealkylation sites (tertiary alicyclic amines) is 1. The highest BCUT2D eigenvalue weighted by Gasteiger charge is 2.36. The molecule has 2 heterocycles. The van der Waals surface area contributed by atoms with Crippen LogP contribution in [0.1, 0.15) is 36.7 Å². The zero-order valence-corrected chi connectivity index (χ0v) is 12.2. The smallest absolute Gasteiger partial charge is 0.326 e. The van der Waals surface area contributed by atoms with E-state index < -0.39 is 12.0 Å². The summed E-state index contributed by atoms with van der Waals surface area (Å²) in [5, 5.41) is 9.37. The second kappa shape index (κ2) is 6.71. The molecule has 116 valence electrons. The number of hydrogen-bond donors (Lipinski definition) is 2. The number of nitrogens with two attached hydrogens (primary N) is 1. The van der Waals surface area contributed by atoms with E-state index in [1.165, 1.54) is 4.90 Å². The summed E-state index contributed by atoms with van der Waals surface area (Å²) in [6, 6.07) is -0.754. The van der Waals surface area contributed by atoms with Crippen molar-refractivity contribution in [2.24, 2.45) is 11.7 Å². The minimum absolute atomic E-state index is 0.282. The Bertz CT molecular complexity index is 514. The van der Waals surface area contributed by atoms with E-state index in [9.17, 15) is 14.7 Å². The Balaban J connectivity index is 2.13. The number of aromatic nitrogens is 2. The highest BCUT2D eigenvalue weighted by atomic mass is 16.4. The normalized spacial score (nSPS) is 22.3. The third kappa shape index (κ3) is 3.41. The lowest BCUT2D eigenvalue weighted by atomic mass is 9.88. The molecule has 2 atom stereocenters. The number of piperidine rings is 1. The van der Waals surface area contributed by atoms with Crippen LogP contribution < -0.4 is 5.73 Å². The molecule has 1 amide bonds. The fraction of sp³-hybridized carbons (Fsp3) is 0.643. The Kier molecular flexibility index (Phi) is 4.95. The van der Waals surface area contributed by atoms with E-state index in [1.54, 1.807) is 17.1 Å². The predicted octanol–water partition coefficient (Wildman–Crippen LogP) is 0.557. The lowest BCUT2D eigenvalue weighted by Crippen LogP contribution is -2.50. The number of amides is 1. The molecule has 0 spiro atoms. The fourth-order valence-corrected chi connectivity index (χ4v) is 2.78. The van der Waals surface area contributed by atoms with E-state index in [0.29, 0.717) is 32.0 Å². The van der Waals surface area contributed by atoms with Crippen molar-refractivity contribution in [3.63, 3.8) is 0 Å². The van der Waals surface area contributed by atoms with Gasteiger partial charge in [-0.3, -0.25) is 4.79 Å². The van der Waals surface area contributed by atoms with Crippen LogP contribution in [0.25, 0.3) is 0 Å². The summed E-state index contributed by atoms with van der Waals surface area (Å²) in [6.07, 6.45) is 5.47. The molecule has 1 aromatic rings. The molecule has 0 saturated carbocycles. The number of rotatable bonds is 5. The molecule has 1 aliphatic rings. The van der Waals surface area contributed by atoms with Crippen LogP contribution in [0.2, 0.25) is 0 Å². The molecule has 1 saturated heterocycles. The van der Waals surface area contributed by atoms with E-state index in [2.05, 4.69) is 11.9 Å². The maximum Gasteiger partial charge on any atom is 0.326 e. The highest BCUT2D eigenvalue weighted by molar-refractivity contribution is 5.95. The number of aliphatic carboxylic acids is 1. The van der Waals surface area contributed by atoms with Crippen LogP contribution in [0.15, 0.2) is 12.5 Å². The van der Waals surface area contributed by atoms with E-state index in [1.807, 2.05) is 0 Å². The van der Waals surface area contributed by atoms with Crippen molar-refractivity contribution < 1.29 is 14.7 Å². The number of carbonyl (C=O) groups excluding carboxylic acids is 1. The van der Waals surface area contributed by atoms with Crippen molar-refractivity contribution in [2.45, 2.75) is 38.8 Å². The van der Waals surface area contributed by atoms with Crippen LogP contribution >= 0.6 is 0 Å². The molecule has 7 nitrogen and oxygen atoms in total. The van der Waals surface area contributed by atoms with Gasteiger partial charge in [0.1, 0.15) is 11.7 Å². The summed E-state index contributed by atoms with van der Waals surface area (Å²) in [4.78, 5) is 29.4. The lowest BCUT2D eigenvalue weighted by molar-refractivity contribution is -0.144. The number of nitrogens with zero attached hydrogens (tertiary/aromatic N) is 3. The van der Waals surface area contributed by atoms with E-state index in [0.717, 1.165) is 12.8 Å². The first kappa shape index (κ1) is 15.5. The Morgan fingerprint density at radius 2 is 2.29 bits per heavy atom. The van der Waals surface area contributed by atoms with Gasteiger partial charge in [-0.15, -0.1) is 0 Å². The van der Waals surface area contributed by atoms with Gasteiger partial charge in [0.2, 0.25) is 0 Å². The molecule has 1 fully saturated rings. The van der Waals surface area contributed by atoms with Crippen LogP contribution in [-0.2, 0) is 11.3 Å². The van der Waals surface area contributed by atoms with Crippen LogP contribution in [0.4, 0.5) is 0 Å². The van der Waals surface area contributed by atoms with Crippen LogP contribution in [0, 0.1) is 5.92 Å². The Morgan fingerprint density at radius 1 is 1.52 bits per heavy atom. The summed E-state index contributed by atoms with van der Waals surface area (Å²) in [5.41, 5.74) is 5.74. The van der Waals surface area contributed by atoms with Crippen molar-refractivity contribution in [3.05, 3.63) is 18.2 Å². The molecule has 7 heteroatoms. The number of carbonyl (C=O) groups is 2. The number of imidazole rings is 1. The number of hydrogen-bond acceptors (Lipinski definition) is 4. The maximum atomic E-state index is 12.5. The minimum Gasteiger partial charge on any atom is -0.480 e. The summed E-state index contributed by atoms with van der Waals surface area (Å²) >= 11 is 0. The molecule has 3 N–H and O–H groups in total. The second-order valence-corrected chi connectivity index (χ2v) is 5.44. The lowest BCUT2D eigenvalue weighted by Gasteiger charge is -2.36. The Morgan fingerprint density at radius 3 is 2.90 bits per heavy atom. The molecule has 0 bridgehead atoms. The monoisotopic (exact) mass is 294 g/mol. The second-order valence-electron chi connectivity index (χ2n) is 5.44. The van der Waals surface area contributed by atoms with Gasteiger partial charge in [0.15, 0.2) is 0 Å². The first-order chi connectivity index (χ1) is 10.1. The Hall–Kier alpha value is -1.89. The van der Waals surface area contributed by atoms with E-state index >= 15 is 0 Å². The van der Waals surface area contributed by atoms with Crippen molar-refractivity contribution in [3.8, 4) is 0 Å². The molecule has 0 aliphatic carbocycles. The zero-order chi connectivity index (χ0) is 15.4. The topological polar surface area (TPSA) is 101 Å². The summed E-state index contributed by atoms with van der Waals surface area (Å²) < 4.78 is 1.74. The molecule has 2 rings (SSSR count). The third-order valence-electron chi connectivity index (χ3n) is 4.07. The summed E-state index contributed by atoms with van der Waals surface area (Å²) in [5.74, 6) is -0.888. The maximum absolute atomic E-state index is 12.5. The van der Waals surface area contributed by atoms with Gasteiger partial charge in [-0.05, 0) is 18.8 Å². The first-order valence-corrected chi connectivity index (χ1v) is 7.32. The third-order valence-corrected chi connectivity index (χ3v) is 4.07. The van der Waals surface area contributed by atoms with Crippen molar-refractivity contribution >= 4 is 11.9 Å². The SMILES string of the molecule is CCC1CCN(C(=O)c2cn(CCN)cn2)C(C(=O)O)C1. The quantitative estimate of drug-likeness (QED) is 0.826. The molecular formula is C14H22N4O3. The molecule has 1 aliphatic heterocycles. The predicted molar refractivity (Wildman–Crippen MR) is 76.8 cm³/mol. The molecule has 21 heavy (non-hydrogen) atoms. The van der Waals surface area contributed by atoms with Crippen molar-refractivity contribution in [1.82, 2.24) is 14.5 Å². The van der Waals surface area contributed by atoms with E-state index in [4.69, 9.17) is 5.73 Å². The van der Waals surface area contributed by atoms with Gasteiger partial charge >= 0.3 is 5.97 Å². The van der Waals surface area contributed by atoms with E-state index in [-0.39, 0.29) is 11.6 Å². The minimum atomic E-state index is -0.942. The van der Waals surface area contributed by atoms with Gasteiger partial charge in [0, 0.05) is 25.8 Å². The zero-order valence-electron chi connectivity index (χ0n) is 12.2. The van der Waals surface area contributed by atoms with Gasteiger partial charge in [-0.25, -0.2) is 9.78 Å². The van der Waals surface area contributed by atoms with Crippen LogP contribution in [-0.4, -0.2) is 50.6 Å². The Labute approximate surface area is 123 Å². The van der Waals surface area contributed by atoms with Gasteiger partial charge < -0.3 is 20.3 Å². The van der Waals surface area contributed by atoms with Gasteiger partial charge in [-0.2, -0.15) is 0 Å². The molecule has 0 radical (unpaired) electrons. The van der Waals surface area contributed by atoms with Crippen LogP contribution in [0.5, 0.6) is 0 Å². The summed E-state index contributed by atoms with van der Waals surface area (Å²) in [6.45, 7) is 3.57. The standard InChI is InChI=1S/C14H22N4O3/c1-2-10-3-5-18(12(7-10)14(20)21)13(19)11-8-17(6-4-15)9-16-11/h8-10,12H,2-7,15H2,1H3,(H,20,21). The van der Waals surface area contributed by atoms with Crippen molar-refractivity contribution in [1.29, 1.82) is 0 Å². The van der Waals surface area contributed by atoms with Gasteiger partial charge in [-0.1, -0.05) is 13.3 Å². The number of carboxylic acid groups (broad SMARTS) is 1. The molecule has 0 aromatic carbocycles. The summed E-state index contributed by atoms with van der Waals surface area (Å²) in [7, 11) is 0. The largest absolute Gasteiger partial charge is 0.480 e. The van der Waals surface area contributed by atoms with Crippen LogP contribution in [0.3, 0.4) is 0 Å². The van der Waals surface area contributed by atoms with Crippen molar-refractivity contribution in [2.75, 3.05) is 13.1 Å². The molecule has 2 unspecified atom stereocenters.